The minimum atomic E-state index is -0.385. The van der Waals surface area contributed by atoms with Crippen molar-refractivity contribution in [3.8, 4) is 11.4 Å². The largest absolute Gasteiger partial charge is 0.465 e. The summed E-state index contributed by atoms with van der Waals surface area (Å²) >= 11 is 11.3. The fourth-order valence-corrected chi connectivity index (χ4v) is 2.53. The molecule has 0 radical (unpaired) electrons. The molecule has 126 valence electrons. The van der Waals surface area contributed by atoms with Gasteiger partial charge in [-0.2, -0.15) is 14.9 Å². The Balaban J connectivity index is 1.91. The van der Waals surface area contributed by atoms with Crippen molar-refractivity contribution >= 4 is 36.0 Å². The van der Waals surface area contributed by atoms with Gasteiger partial charge in [0.2, 0.25) is 4.77 Å². The number of carbonyl (C=O) groups is 1. The van der Waals surface area contributed by atoms with Crippen molar-refractivity contribution in [3.05, 3.63) is 69.5 Å². The lowest BCUT2D eigenvalue weighted by Gasteiger charge is -2.02. The Labute approximate surface area is 153 Å². The van der Waals surface area contributed by atoms with Gasteiger partial charge in [-0.3, -0.25) is 0 Å². The molecule has 8 heteroatoms. The summed E-state index contributed by atoms with van der Waals surface area (Å²) < 4.78 is 6.54. The van der Waals surface area contributed by atoms with Gasteiger partial charge in [-0.1, -0.05) is 35.9 Å². The third-order valence-corrected chi connectivity index (χ3v) is 3.89. The zero-order valence-electron chi connectivity index (χ0n) is 13.1. The average molecular weight is 373 g/mol. The first-order valence-electron chi connectivity index (χ1n) is 7.24. The van der Waals surface area contributed by atoms with Gasteiger partial charge in [0, 0.05) is 10.6 Å². The lowest BCUT2D eigenvalue weighted by atomic mass is 10.1. The van der Waals surface area contributed by atoms with Gasteiger partial charge in [0.1, 0.15) is 0 Å². The highest BCUT2D eigenvalue weighted by molar-refractivity contribution is 7.71. The number of benzene rings is 2. The number of carbonyl (C=O) groups excluding carboxylic acids is 1. The number of hydrogen-bond donors (Lipinski definition) is 1. The summed E-state index contributed by atoms with van der Waals surface area (Å²) in [5, 5.41) is 11.9. The van der Waals surface area contributed by atoms with E-state index in [-0.39, 0.29) is 5.97 Å². The maximum absolute atomic E-state index is 11.4. The lowest BCUT2D eigenvalue weighted by Crippen LogP contribution is -2.01. The minimum absolute atomic E-state index is 0.359. The second-order valence-corrected chi connectivity index (χ2v) is 5.86. The maximum Gasteiger partial charge on any atom is 0.337 e. The third kappa shape index (κ3) is 3.84. The molecule has 3 aromatic rings. The van der Waals surface area contributed by atoms with Crippen LogP contribution in [0.4, 0.5) is 0 Å². The summed E-state index contributed by atoms with van der Waals surface area (Å²) in [6.45, 7) is 0. The highest BCUT2D eigenvalue weighted by atomic mass is 35.5. The zero-order valence-corrected chi connectivity index (χ0v) is 14.7. The quantitative estimate of drug-likeness (QED) is 0.428. The standard InChI is InChI=1S/C17H13ClN4O2S/c1-24-16(23)12-7-5-11(6-8-12)10-19-22-15(20-21-17(22)25)13-3-2-4-14(18)9-13/h2-10H,1H3,(H,21,25)/b19-10+. The van der Waals surface area contributed by atoms with E-state index >= 15 is 0 Å². The van der Waals surface area contributed by atoms with Gasteiger partial charge in [0.25, 0.3) is 0 Å². The Hall–Kier alpha value is -2.77. The van der Waals surface area contributed by atoms with Crippen molar-refractivity contribution in [3.63, 3.8) is 0 Å². The molecular formula is C17H13ClN4O2S. The highest BCUT2D eigenvalue weighted by Crippen LogP contribution is 2.21. The molecular weight excluding hydrogens is 360 g/mol. The Morgan fingerprint density at radius 2 is 2.08 bits per heavy atom. The van der Waals surface area contributed by atoms with Crippen LogP contribution in [0.15, 0.2) is 53.6 Å². The molecule has 0 aliphatic heterocycles. The average Bonchev–Trinajstić information content (AvgIpc) is 3.00. The molecule has 6 nitrogen and oxygen atoms in total. The van der Waals surface area contributed by atoms with Crippen LogP contribution in [0.2, 0.25) is 5.02 Å². The SMILES string of the molecule is COC(=O)c1ccc(/C=N/n2c(-c3cccc(Cl)c3)n[nH]c2=S)cc1. The van der Waals surface area contributed by atoms with Crippen LogP contribution in [0.25, 0.3) is 11.4 Å². The van der Waals surface area contributed by atoms with E-state index in [2.05, 4.69) is 20.0 Å². The molecule has 0 unspecified atom stereocenters. The zero-order chi connectivity index (χ0) is 17.8. The number of ether oxygens (including phenoxy) is 1. The van der Waals surface area contributed by atoms with Crippen LogP contribution in [0.1, 0.15) is 15.9 Å². The molecule has 1 heterocycles. The van der Waals surface area contributed by atoms with Crippen molar-refractivity contribution in [1.82, 2.24) is 14.9 Å². The van der Waals surface area contributed by atoms with Gasteiger partial charge in [0.15, 0.2) is 5.82 Å². The van der Waals surface area contributed by atoms with E-state index in [0.717, 1.165) is 11.1 Å². The second-order valence-electron chi connectivity index (χ2n) is 5.03. The topological polar surface area (TPSA) is 72.3 Å². The van der Waals surface area contributed by atoms with E-state index < -0.39 is 0 Å². The van der Waals surface area contributed by atoms with Gasteiger partial charge < -0.3 is 4.74 Å². The Bertz CT molecular complexity index is 992. The van der Waals surface area contributed by atoms with Crippen molar-refractivity contribution < 1.29 is 9.53 Å². The van der Waals surface area contributed by atoms with E-state index in [9.17, 15) is 4.79 Å². The molecule has 3 rings (SSSR count). The van der Waals surface area contributed by atoms with Crippen LogP contribution in [0.3, 0.4) is 0 Å². The number of nitrogens with zero attached hydrogens (tertiary/aromatic N) is 3. The van der Waals surface area contributed by atoms with E-state index in [1.54, 1.807) is 42.6 Å². The molecule has 0 aliphatic rings. The van der Waals surface area contributed by atoms with Crippen LogP contribution < -0.4 is 0 Å². The number of esters is 1. The van der Waals surface area contributed by atoms with Crippen LogP contribution in [0.5, 0.6) is 0 Å². The van der Waals surface area contributed by atoms with Crippen molar-refractivity contribution in [2.75, 3.05) is 7.11 Å². The van der Waals surface area contributed by atoms with Gasteiger partial charge in [-0.05, 0) is 42.0 Å². The lowest BCUT2D eigenvalue weighted by molar-refractivity contribution is 0.0600. The number of aromatic amines is 1. The molecule has 0 saturated carbocycles. The molecule has 0 spiro atoms. The smallest absolute Gasteiger partial charge is 0.337 e. The second kappa shape index (κ2) is 7.42. The molecule has 1 aromatic heterocycles. The molecule has 0 saturated heterocycles. The first kappa shape index (κ1) is 17.1. The molecule has 0 atom stereocenters. The number of rotatable bonds is 4. The predicted molar refractivity (Wildman–Crippen MR) is 98.6 cm³/mol. The number of methoxy groups -OCH3 is 1. The van der Waals surface area contributed by atoms with Crippen molar-refractivity contribution in [2.24, 2.45) is 5.10 Å². The number of nitrogens with one attached hydrogen (secondary N) is 1. The minimum Gasteiger partial charge on any atom is -0.465 e. The third-order valence-electron chi connectivity index (χ3n) is 3.39. The first-order valence-corrected chi connectivity index (χ1v) is 8.03. The summed E-state index contributed by atoms with van der Waals surface area (Å²) in [4.78, 5) is 11.4. The molecule has 0 amide bonds. The summed E-state index contributed by atoms with van der Waals surface area (Å²) in [5.41, 5.74) is 2.06. The van der Waals surface area contributed by atoms with Crippen LogP contribution >= 0.6 is 23.8 Å². The highest BCUT2D eigenvalue weighted by Gasteiger charge is 2.08. The van der Waals surface area contributed by atoms with E-state index in [1.165, 1.54) is 11.8 Å². The molecule has 25 heavy (non-hydrogen) atoms. The van der Waals surface area contributed by atoms with Crippen LogP contribution in [-0.2, 0) is 4.74 Å². The van der Waals surface area contributed by atoms with E-state index in [1.807, 2.05) is 12.1 Å². The van der Waals surface area contributed by atoms with Gasteiger partial charge in [-0.25, -0.2) is 9.89 Å². The monoisotopic (exact) mass is 372 g/mol. The molecule has 0 aliphatic carbocycles. The van der Waals surface area contributed by atoms with Crippen molar-refractivity contribution in [1.29, 1.82) is 0 Å². The summed E-state index contributed by atoms with van der Waals surface area (Å²) in [7, 11) is 1.34. The Morgan fingerprint density at radius 1 is 1.32 bits per heavy atom. The molecule has 0 fully saturated rings. The fraction of sp³-hybridized carbons (Fsp3) is 0.0588. The number of hydrogen-bond acceptors (Lipinski definition) is 5. The van der Waals surface area contributed by atoms with E-state index in [0.29, 0.717) is 21.2 Å². The van der Waals surface area contributed by atoms with Gasteiger partial charge in [0.05, 0.1) is 18.9 Å². The van der Waals surface area contributed by atoms with E-state index in [4.69, 9.17) is 23.8 Å². The molecule has 0 bridgehead atoms. The summed E-state index contributed by atoms with van der Waals surface area (Å²) in [5.74, 6) is 0.165. The fourth-order valence-electron chi connectivity index (χ4n) is 2.16. The number of aromatic nitrogens is 3. The summed E-state index contributed by atoms with van der Waals surface area (Å²) in [6.07, 6.45) is 1.63. The van der Waals surface area contributed by atoms with Crippen molar-refractivity contribution in [2.45, 2.75) is 0 Å². The Morgan fingerprint density at radius 3 is 2.76 bits per heavy atom. The summed E-state index contributed by atoms with van der Waals surface area (Å²) in [6, 6.07) is 14.1. The predicted octanol–water partition coefficient (Wildman–Crippen LogP) is 3.93. The van der Waals surface area contributed by atoms with Crippen LogP contribution in [-0.4, -0.2) is 34.2 Å². The first-order chi connectivity index (χ1) is 12.1. The van der Waals surface area contributed by atoms with Gasteiger partial charge in [-0.15, -0.1) is 0 Å². The number of H-pyrrole nitrogens is 1. The van der Waals surface area contributed by atoms with Gasteiger partial charge >= 0.3 is 5.97 Å². The Kier molecular flexibility index (Phi) is 5.06. The maximum atomic E-state index is 11.4. The molecule has 2 aromatic carbocycles. The number of halogens is 1. The normalized spacial score (nSPS) is 11.0. The molecule has 1 N–H and O–H groups in total. The van der Waals surface area contributed by atoms with Crippen LogP contribution in [0, 0.1) is 4.77 Å².